The van der Waals surface area contributed by atoms with Gasteiger partial charge >= 0.3 is 5.97 Å². The molecule has 2 N–H and O–H groups in total. The van der Waals surface area contributed by atoms with Gasteiger partial charge in [0.15, 0.2) is 0 Å². The van der Waals surface area contributed by atoms with Crippen LogP contribution >= 0.6 is 0 Å². The van der Waals surface area contributed by atoms with Crippen LogP contribution in [0.15, 0.2) is 30.7 Å². The Morgan fingerprint density at radius 2 is 2.25 bits per heavy atom. The quantitative estimate of drug-likeness (QED) is 0.793. The van der Waals surface area contributed by atoms with E-state index >= 15 is 0 Å². The van der Waals surface area contributed by atoms with Gasteiger partial charge in [-0.05, 0) is 24.1 Å². The molecule has 0 bridgehead atoms. The summed E-state index contributed by atoms with van der Waals surface area (Å²) >= 11 is 0. The van der Waals surface area contributed by atoms with Gasteiger partial charge in [-0.25, -0.2) is 4.79 Å². The Kier molecular flexibility index (Phi) is 4.19. The molecule has 0 saturated heterocycles. The molecule has 2 rings (SSSR count). The lowest BCUT2D eigenvalue weighted by molar-refractivity contribution is -0.121. The maximum Gasteiger partial charge on any atom is 0.352 e. The molecule has 0 atom stereocenters. The van der Waals surface area contributed by atoms with Crippen LogP contribution in [0.25, 0.3) is 0 Å². The van der Waals surface area contributed by atoms with Gasteiger partial charge in [-0.3, -0.25) is 9.48 Å². The van der Waals surface area contributed by atoms with Crippen molar-refractivity contribution in [1.82, 2.24) is 19.7 Å². The van der Waals surface area contributed by atoms with E-state index in [0.29, 0.717) is 13.0 Å². The van der Waals surface area contributed by atoms with E-state index < -0.39 is 5.97 Å². The van der Waals surface area contributed by atoms with E-state index in [1.165, 1.54) is 10.6 Å². The molecule has 2 aromatic heterocycles. The molecule has 0 spiro atoms. The first-order valence-electron chi connectivity index (χ1n) is 6.19. The zero-order valence-electron chi connectivity index (χ0n) is 11.1. The van der Waals surface area contributed by atoms with Gasteiger partial charge < -0.3 is 15.0 Å². The van der Waals surface area contributed by atoms with Crippen molar-refractivity contribution in [3.05, 3.63) is 42.0 Å². The van der Waals surface area contributed by atoms with Crippen molar-refractivity contribution in [2.24, 2.45) is 7.05 Å². The summed E-state index contributed by atoms with van der Waals surface area (Å²) in [6.07, 6.45) is 5.91. The highest BCUT2D eigenvalue weighted by atomic mass is 16.4. The van der Waals surface area contributed by atoms with Gasteiger partial charge in [-0.15, -0.1) is 0 Å². The molecule has 1 amide bonds. The van der Waals surface area contributed by atoms with Crippen LogP contribution in [0.1, 0.15) is 16.1 Å². The van der Waals surface area contributed by atoms with E-state index in [-0.39, 0.29) is 18.1 Å². The van der Waals surface area contributed by atoms with Crippen molar-refractivity contribution in [2.75, 3.05) is 6.54 Å². The molecule has 0 unspecified atom stereocenters. The maximum atomic E-state index is 11.7. The lowest BCUT2D eigenvalue weighted by atomic mass is 10.2. The third-order valence-corrected chi connectivity index (χ3v) is 2.86. The van der Waals surface area contributed by atoms with Gasteiger partial charge in [0.25, 0.3) is 0 Å². The second-order valence-corrected chi connectivity index (χ2v) is 4.45. The molecule has 2 aromatic rings. The third-order valence-electron chi connectivity index (χ3n) is 2.86. The summed E-state index contributed by atoms with van der Waals surface area (Å²) in [5.74, 6) is -1.26. The molecule has 0 fully saturated rings. The zero-order valence-corrected chi connectivity index (χ0v) is 11.1. The first kappa shape index (κ1) is 13.9. The molecule has 0 radical (unpaired) electrons. The smallest absolute Gasteiger partial charge is 0.352 e. The van der Waals surface area contributed by atoms with Crippen molar-refractivity contribution >= 4 is 11.9 Å². The van der Waals surface area contributed by atoms with Crippen molar-refractivity contribution in [2.45, 2.75) is 13.0 Å². The van der Waals surface area contributed by atoms with Crippen molar-refractivity contribution in [1.29, 1.82) is 0 Å². The molecular formula is C13H16N4O3. The molecule has 106 valence electrons. The Morgan fingerprint density at radius 3 is 2.90 bits per heavy atom. The van der Waals surface area contributed by atoms with Crippen molar-refractivity contribution < 1.29 is 14.7 Å². The SMILES string of the molecule is Cn1cc(CCNC(=O)Cn2cccc2C(=O)O)cn1. The molecule has 0 aliphatic carbocycles. The van der Waals surface area contributed by atoms with Crippen LogP contribution in [0.2, 0.25) is 0 Å². The fourth-order valence-electron chi connectivity index (χ4n) is 1.90. The molecule has 0 saturated carbocycles. The van der Waals surface area contributed by atoms with Gasteiger partial charge in [0.2, 0.25) is 5.91 Å². The fraction of sp³-hybridized carbons (Fsp3) is 0.308. The number of amides is 1. The molecule has 0 aromatic carbocycles. The standard InChI is InChI=1S/C13H16N4O3/c1-16-8-10(7-15-16)4-5-14-12(18)9-17-6-2-3-11(17)13(19)20/h2-3,6-8H,4-5,9H2,1H3,(H,14,18)(H,19,20). The molecular weight excluding hydrogens is 260 g/mol. The summed E-state index contributed by atoms with van der Waals surface area (Å²) in [6.45, 7) is 0.496. The number of aryl methyl sites for hydroxylation is 1. The topological polar surface area (TPSA) is 89.2 Å². The van der Waals surface area contributed by atoms with Crippen molar-refractivity contribution in [3.8, 4) is 0 Å². The number of hydrogen-bond donors (Lipinski definition) is 2. The first-order valence-corrected chi connectivity index (χ1v) is 6.19. The Balaban J connectivity index is 1.80. The summed E-state index contributed by atoms with van der Waals surface area (Å²) < 4.78 is 3.11. The highest BCUT2D eigenvalue weighted by Crippen LogP contribution is 2.02. The lowest BCUT2D eigenvalue weighted by Crippen LogP contribution is -2.30. The molecule has 2 heterocycles. The van der Waals surface area contributed by atoms with E-state index in [1.54, 1.807) is 23.1 Å². The van der Waals surface area contributed by atoms with E-state index in [2.05, 4.69) is 10.4 Å². The Bertz CT molecular complexity index is 615. The van der Waals surface area contributed by atoms with Crippen LogP contribution < -0.4 is 5.32 Å². The predicted octanol–water partition coefficient (Wildman–Crippen LogP) is 0.279. The lowest BCUT2D eigenvalue weighted by Gasteiger charge is -2.07. The average Bonchev–Trinajstić information content (AvgIpc) is 2.98. The van der Waals surface area contributed by atoms with Crippen LogP contribution in [-0.2, 0) is 24.8 Å². The van der Waals surface area contributed by atoms with Gasteiger partial charge in [-0.2, -0.15) is 5.10 Å². The molecule has 7 heteroatoms. The van der Waals surface area contributed by atoms with Gasteiger partial charge in [0, 0.05) is 26.0 Å². The van der Waals surface area contributed by atoms with Crippen LogP contribution in [0, 0.1) is 0 Å². The Hall–Kier alpha value is -2.57. The molecule has 0 aliphatic rings. The van der Waals surface area contributed by atoms with Crippen LogP contribution in [0.3, 0.4) is 0 Å². The monoisotopic (exact) mass is 276 g/mol. The minimum absolute atomic E-state index is 0.00166. The summed E-state index contributed by atoms with van der Waals surface area (Å²) in [6, 6.07) is 3.07. The first-order chi connectivity index (χ1) is 9.56. The van der Waals surface area contributed by atoms with Gasteiger partial charge in [0.1, 0.15) is 12.2 Å². The number of carbonyl (C=O) groups is 2. The van der Waals surface area contributed by atoms with Gasteiger partial charge in [-0.1, -0.05) is 0 Å². The number of aromatic carboxylic acids is 1. The van der Waals surface area contributed by atoms with Crippen LogP contribution in [0.4, 0.5) is 0 Å². The number of carbonyl (C=O) groups excluding carboxylic acids is 1. The highest BCUT2D eigenvalue weighted by molar-refractivity contribution is 5.86. The minimum atomic E-state index is -1.04. The maximum absolute atomic E-state index is 11.7. The predicted molar refractivity (Wildman–Crippen MR) is 71.3 cm³/mol. The molecule has 20 heavy (non-hydrogen) atoms. The fourth-order valence-corrected chi connectivity index (χ4v) is 1.90. The van der Waals surface area contributed by atoms with E-state index in [0.717, 1.165) is 5.56 Å². The summed E-state index contributed by atoms with van der Waals surface area (Å²) in [5, 5.41) is 15.7. The number of nitrogens with zero attached hydrogens (tertiary/aromatic N) is 3. The number of hydrogen-bond acceptors (Lipinski definition) is 3. The summed E-state index contributed by atoms with van der Waals surface area (Å²) in [5.41, 5.74) is 1.15. The van der Waals surface area contributed by atoms with Crippen LogP contribution in [0.5, 0.6) is 0 Å². The Labute approximate surface area is 115 Å². The van der Waals surface area contributed by atoms with Gasteiger partial charge in [0.05, 0.1) is 6.20 Å². The van der Waals surface area contributed by atoms with Crippen LogP contribution in [-0.4, -0.2) is 37.9 Å². The number of nitrogens with one attached hydrogen (secondary N) is 1. The molecule has 7 nitrogen and oxygen atoms in total. The number of carboxylic acids is 1. The van der Waals surface area contributed by atoms with E-state index in [1.807, 2.05) is 13.2 Å². The summed E-state index contributed by atoms with van der Waals surface area (Å²) in [7, 11) is 1.83. The van der Waals surface area contributed by atoms with Crippen molar-refractivity contribution in [3.63, 3.8) is 0 Å². The number of carboxylic acid groups (broad SMARTS) is 1. The summed E-state index contributed by atoms with van der Waals surface area (Å²) in [4.78, 5) is 22.6. The number of aromatic nitrogens is 3. The van der Waals surface area contributed by atoms with E-state index in [4.69, 9.17) is 5.11 Å². The highest BCUT2D eigenvalue weighted by Gasteiger charge is 2.11. The minimum Gasteiger partial charge on any atom is -0.477 e. The molecule has 0 aliphatic heterocycles. The second-order valence-electron chi connectivity index (χ2n) is 4.45. The largest absolute Gasteiger partial charge is 0.477 e. The number of rotatable bonds is 6. The normalized spacial score (nSPS) is 10.4. The van der Waals surface area contributed by atoms with E-state index in [9.17, 15) is 9.59 Å². The zero-order chi connectivity index (χ0) is 14.5. The average molecular weight is 276 g/mol. The Morgan fingerprint density at radius 1 is 1.45 bits per heavy atom. The second kappa shape index (κ2) is 6.05. The third kappa shape index (κ3) is 3.47.